The van der Waals surface area contributed by atoms with Gasteiger partial charge < -0.3 is 10.1 Å². The van der Waals surface area contributed by atoms with Gasteiger partial charge in [-0.15, -0.1) is 0 Å². The van der Waals surface area contributed by atoms with Gasteiger partial charge in [-0.25, -0.2) is 0 Å². The molecule has 2 rings (SSSR count). The van der Waals surface area contributed by atoms with Gasteiger partial charge in [-0.1, -0.05) is 28.9 Å². The van der Waals surface area contributed by atoms with Crippen molar-refractivity contribution in [3.05, 3.63) is 28.7 Å². The lowest BCUT2D eigenvalue weighted by Gasteiger charge is -2.12. The third-order valence-corrected chi connectivity index (χ3v) is 3.73. The Balaban J connectivity index is 1.56. The molecule has 1 aromatic carbocycles. The van der Waals surface area contributed by atoms with Gasteiger partial charge in [0.05, 0.1) is 0 Å². The van der Waals surface area contributed by atoms with Crippen LogP contribution in [0.5, 0.6) is 5.75 Å². The van der Waals surface area contributed by atoms with Crippen molar-refractivity contribution in [2.45, 2.75) is 19.8 Å². The fraction of sp³-hybridized carbons (Fsp3) is 0.571. The second-order valence-electron chi connectivity index (χ2n) is 4.82. The Morgan fingerprint density at radius 2 is 2.29 bits per heavy atom. The maximum Gasteiger partial charge on any atom is 0.120 e. The molecule has 1 fully saturated rings. The maximum atomic E-state index is 5.65. The monoisotopic (exact) mass is 297 g/mol. The van der Waals surface area contributed by atoms with Crippen LogP contribution in [0.25, 0.3) is 0 Å². The number of hydrogen-bond donors (Lipinski definition) is 1. The van der Waals surface area contributed by atoms with Crippen molar-refractivity contribution in [2.24, 2.45) is 11.8 Å². The Kier molecular flexibility index (Phi) is 4.86. The van der Waals surface area contributed by atoms with Gasteiger partial charge in [0.2, 0.25) is 0 Å². The van der Waals surface area contributed by atoms with Gasteiger partial charge in [0.1, 0.15) is 12.4 Å². The predicted octanol–water partition coefficient (Wildman–Crippen LogP) is 3.46. The van der Waals surface area contributed by atoms with E-state index in [1.54, 1.807) is 0 Å². The van der Waals surface area contributed by atoms with E-state index in [9.17, 15) is 0 Å². The molecule has 1 unspecified atom stereocenters. The minimum atomic E-state index is 0.730. The van der Waals surface area contributed by atoms with Gasteiger partial charge in [-0.2, -0.15) is 0 Å². The normalized spacial score (nSPS) is 16.8. The average Bonchev–Trinajstić information content (AvgIpc) is 3.12. The number of nitrogens with one attached hydrogen (secondary N) is 1. The SMILES string of the molecule is CC(CNCCOc1cccc(Br)c1)C1CC1. The molecule has 1 aromatic rings. The lowest BCUT2D eigenvalue weighted by molar-refractivity contribution is 0.307. The molecule has 0 amide bonds. The van der Waals surface area contributed by atoms with E-state index in [2.05, 4.69) is 28.2 Å². The van der Waals surface area contributed by atoms with E-state index in [0.29, 0.717) is 0 Å². The lowest BCUT2D eigenvalue weighted by atomic mass is 10.1. The van der Waals surface area contributed by atoms with Crippen LogP contribution in [0.2, 0.25) is 0 Å². The molecule has 1 aliphatic rings. The first-order chi connectivity index (χ1) is 8.25. The summed E-state index contributed by atoms with van der Waals surface area (Å²) in [7, 11) is 0. The molecule has 1 saturated carbocycles. The third-order valence-electron chi connectivity index (χ3n) is 3.24. The molecule has 94 valence electrons. The first-order valence-electron chi connectivity index (χ1n) is 6.35. The van der Waals surface area contributed by atoms with E-state index in [1.807, 2.05) is 24.3 Å². The highest BCUT2D eigenvalue weighted by Crippen LogP contribution is 2.35. The minimum absolute atomic E-state index is 0.730. The van der Waals surface area contributed by atoms with Crippen LogP contribution in [0.4, 0.5) is 0 Å². The Labute approximate surface area is 112 Å². The number of benzene rings is 1. The van der Waals surface area contributed by atoms with Crippen LogP contribution in [-0.2, 0) is 0 Å². The molecule has 0 spiro atoms. The van der Waals surface area contributed by atoms with E-state index < -0.39 is 0 Å². The summed E-state index contributed by atoms with van der Waals surface area (Å²) >= 11 is 3.43. The molecular formula is C14H20BrNO. The van der Waals surface area contributed by atoms with Gasteiger partial charge >= 0.3 is 0 Å². The summed E-state index contributed by atoms with van der Waals surface area (Å²) in [6.07, 6.45) is 2.86. The van der Waals surface area contributed by atoms with Crippen LogP contribution in [0, 0.1) is 11.8 Å². The molecule has 0 bridgehead atoms. The highest BCUT2D eigenvalue weighted by atomic mass is 79.9. The average molecular weight is 298 g/mol. The summed E-state index contributed by atoms with van der Waals surface area (Å²) in [6, 6.07) is 7.97. The molecule has 0 saturated heterocycles. The molecule has 0 heterocycles. The number of rotatable bonds is 7. The largest absolute Gasteiger partial charge is 0.492 e. The van der Waals surface area contributed by atoms with Crippen molar-refractivity contribution in [3.63, 3.8) is 0 Å². The van der Waals surface area contributed by atoms with Crippen molar-refractivity contribution < 1.29 is 4.74 Å². The zero-order valence-corrected chi connectivity index (χ0v) is 11.9. The zero-order chi connectivity index (χ0) is 12.1. The van der Waals surface area contributed by atoms with Gasteiger partial charge in [0.25, 0.3) is 0 Å². The van der Waals surface area contributed by atoms with E-state index in [0.717, 1.165) is 41.8 Å². The van der Waals surface area contributed by atoms with Gasteiger partial charge in [-0.3, -0.25) is 0 Å². The fourth-order valence-electron chi connectivity index (χ4n) is 1.96. The molecule has 17 heavy (non-hydrogen) atoms. The lowest BCUT2D eigenvalue weighted by Crippen LogP contribution is -2.26. The molecule has 0 aromatic heterocycles. The molecule has 1 atom stereocenters. The minimum Gasteiger partial charge on any atom is -0.492 e. The van der Waals surface area contributed by atoms with Gasteiger partial charge in [0.15, 0.2) is 0 Å². The molecule has 0 radical (unpaired) electrons. The van der Waals surface area contributed by atoms with Crippen molar-refractivity contribution in [3.8, 4) is 5.75 Å². The van der Waals surface area contributed by atoms with Gasteiger partial charge in [-0.05, 0) is 49.4 Å². The van der Waals surface area contributed by atoms with Crippen LogP contribution < -0.4 is 10.1 Å². The Morgan fingerprint density at radius 1 is 1.47 bits per heavy atom. The third kappa shape index (κ3) is 4.68. The van der Waals surface area contributed by atoms with E-state index >= 15 is 0 Å². The van der Waals surface area contributed by atoms with Crippen LogP contribution in [0.3, 0.4) is 0 Å². The molecular weight excluding hydrogens is 278 g/mol. The summed E-state index contributed by atoms with van der Waals surface area (Å²) < 4.78 is 6.71. The van der Waals surface area contributed by atoms with Crippen molar-refractivity contribution in [2.75, 3.05) is 19.7 Å². The quantitative estimate of drug-likeness (QED) is 0.778. The summed E-state index contributed by atoms with van der Waals surface area (Å²) in [5.41, 5.74) is 0. The van der Waals surface area contributed by atoms with E-state index in [1.165, 1.54) is 12.8 Å². The summed E-state index contributed by atoms with van der Waals surface area (Å²) in [6.45, 7) is 5.10. The predicted molar refractivity (Wildman–Crippen MR) is 74.4 cm³/mol. The number of ether oxygens (including phenoxy) is 1. The van der Waals surface area contributed by atoms with Crippen LogP contribution in [-0.4, -0.2) is 19.7 Å². The highest BCUT2D eigenvalue weighted by molar-refractivity contribution is 9.10. The highest BCUT2D eigenvalue weighted by Gasteiger charge is 2.27. The van der Waals surface area contributed by atoms with Crippen molar-refractivity contribution >= 4 is 15.9 Å². The van der Waals surface area contributed by atoms with Crippen LogP contribution in [0.15, 0.2) is 28.7 Å². The molecule has 3 heteroatoms. The van der Waals surface area contributed by atoms with E-state index in [-0.39, 0.29) is 0 Å². The zero-order valence-electron chi connectivity index (χ0n) is 10.3. The standard InChI is InChI=1S/C14H20BrNO/c1-11(12-5-6-12)10-16-7-8-17-14-4-2-3-13(15)9-14/h2-4,9,11-12,16H,5-8,10H2,1H3. The summed E-state index contributed by atoms with van der Waals surface area (Å²) in [5.74, 6) is 2.73. The molecule has 2 nitrogen and oxygen atoms in total. The second kappa shape index (κ2) is 6.41. The smallest absolute Gasteiger partial charge is 0.120 e. The first kappa shape index (κ1) is 12.9. The van der Waals surface area contributed by atoms with Crippen molar-refractivity contribution in [1.82, 2.24) is 5.32 Å². The number of hydrogen-bond acceptors (Lipinski definition) is 2. The Hall–Kier alpha value is -0.540. The second-order valence-corrected chi connectivity index (χ2v) is 5.74. The first-order valence-corrected chi connectivity index (χ1v) is 7.14. The Morgan fingerprint density at radius 3 is 3.00 bits per heavy atom. The fourth-order valence-corrected chi connectivity index (χ4v) is 2.34. The molecule has 0 aliphatic heterocycles. The van der Waals surface area contributed by atoms with Gasteiger partial charge in [0, 0.05) is 11.0 Å². The Bertz CT molecular complexity index is 352. The van der Waals surface area contributed by atoms with Crippen LogP contribution >= 0.6 is 15.9 Å². The number of halogens is 1. The molecule has 1 aliphatic carbocycles. The molecule has 1 N–H and O–H groups in total. The summed E-state index contributed by atoms with van der Waals surface area (Å²) in [4.78, 5) is 0. The van der Waals surface area contributed by atoms with E-state index in [4.69, 9.17) is 4.74 Å². The van der Waals surface area contributed by atoms with Crippen molar-refractivity contribution in [1.29, 1.82) is 0 Å². The topological polar surface area (TPSA) is 21.3 Å². The summed E-state index contributed by atoms with van der Waals surface area (Å²) in [5, 5.41) is 3.45. The van der Waals surface area contributed by atoms with Crippen LogP contribution in [0.1, 0.15) is 19.8 Å². The maximum absolute atomic E-state index is 5.65.